The summed E-state index contributed by atoms with van der Waals surface area (Å²) in [5, 5.41) is 0. The van der Waals surface area contributed by atoms with Crippen LogP contribution in [0.15, 0.2) is 54.6 Å². The Labute approximate surface area is 128 Å². The first-order chi connectivity index (χ1) is 10.3. The minimum atomic E-state index is 0.0917. The highest BCUT2D eigenvalue weighted by molar-refractivity contribution is 5.67. The van der Waals surface area contributed by atoms with Gasteiger partial charge in [0.1, 0.15) is 0 Å². The first kappa shape index (κ1) is 15.6. The molecular formula is C19H26N2. The van der Waals surface area contributed by atoms with E-state index in [2.05, 4.69) is 73.3 Å². The Morgan fingerprint density at radius 3 is 2.29 bits per heavy atom. The van der Waals surface area contributed by atoms with Gasteiger partial charge in [-0.2, -0.15) is 0 Å². The second kappa shape index (κ2) is 7.84. The fourth-order valence-corrected chi connectivity index (χ4v) is 2.58. The van der Waals surface area contributed by atoms with Gasteiger partial charge in [-0.3, -0.25) is 0 Å². The molecule has 0 radical (unpaired) electrons. The Balaban J connectivity index is 2.42. The highest BCUT2D eigenvalue weighted by atomic mass is 15.1. The van der Waals surface area contributed by atoms with E-state index in [1.807, 2.05) is 0 Å². The van der Waals surface area contributed by atoms with E-state index >= 15 is 0 Å². The van der Waals surface area contributed by atoms with Crippen molar-refractivity contribution in [2.75, 3.05) is 11.4 Å². The molecule has 0 fully saturated rings. The molecule has 0 saturated carbocycles. The normalized spacial score (nSPS) is 12.1. The molecule has 21 heavy (non-hydrogen) atoms. The van der Waals surface area contributed by atoms with Gasteiger partial charge in [0.15, 0.2) is 0 Å². The molecule has 0 saturated heterocycles. The average Bonchev–Trinajstić information content (AvgIpc) is 2.56. The maximum Gasteiger partial charge on any atom is 0.0459 e. The Hall–Kier alpha value is -1.80. The minimum absolute atomic E-state index is 0.0917. The van der Waals surface area contributed by atoms with E-state index in [4.69, 9.17) is 5.73 Å². The van der Waals surface area contributed by atoms with E-state index in [0.717, 1.165) is 13.0 Å². The van der Waals surface area contributed by atoms with Crippen molar-refractivity contribution in [2.45, 2.75) is 39.2 Å². The molecule has 0 aliphatic rings. The van der Waals surface area contributed by atoms with Gasteiger partial charge >= 0.3 is 0 Å². The molecule has 1 atom stereocenters. The van der Waals surface area contributed by atoms with Gasteiger partial charge in [0.25, 0.3) is 0 Å². The molecule has 0 amide bonds. The molecule has 2 heteroatoms. The lowest BCUT2D eigenvalue weighted by Gasteiger charge is -2.29. The molecule has 0 aromatic heterocycles. The zero-order chi connectivity index (χ0) is 15.1. The summed E-state index contributed by atoms with van der Waals surface area (Å²) in [6.07, 6.45) is 3.31. The quantitative estimate of drug-likeness (QED) is 0.771. The smallest absolute Gasteiger partial charge is 0.0459 e. The van der Waals surface area contributed by atoms with Gasteiger partial charge in [-0.25, -0.2) is 0 Å². The number of unbranched alkanes of at least 4 members (excludes halogenated alkanes) is 1. The third-order valence-corrected chi connectivity index (χ3v) is 3.87. The first-order valence-corrected chi connectivity index (χ1v) is 7.95. The van der Waals surface area contributed by atoms with Crippen LogP contribution in [0.1, 0.15) is 44.7 Å². The van der Waals surface area contributed by atoms with E-state index in [0.29, 0.717) is 0 Å². The third-order valence-electron chi connectivity index (χ3n) is 3.87. The molecule has 2 rings (SSSR count). The molecule has 2 N–H and O–H groups in total. The SMILES string of the molecule is CCCCN(c1ccccc1)c1ccccc1[C@@H](N)CC. The Bertz CT molecular complexity index is 536. The van der Waals surface area contributed by atoms with Crippen LogP contribution in [0.5, 0.6) is 0 Å². The van der Waals surface area contributed by atoms with Gasteiger partial charge < -0.3 is 10.6 Å². The van der Waals surface area contributed by atoms with Crippen LogP contribution in [0.3, 0.4) is 0 Å². The standard InChI is InChI=1S/C19H26N2/c1-3-5-15-21(16-11-7-6-8-12-16)19-14-10-9-13-17(19)18(20)4-2/h6-14,18H,3-5,15,20H2,1-2H3/t18-/m0/s1. The van der Waals surface area contributed by atoms with Crippen molar-refractivity contribution in [1.29, 1.82) is 0 Å². The third kappa shape index (κ3) is 3.85. The summed E-state index contributed by atoms with van der Waals surface area (Å²) >= 11 is 0. The highest BCUT2D eigenvalue weighted by Gasteiger charge is 2.15. The number of para-hydroxylation sites is 2. The predicted octanol–water partition coefficient (Wildman–Crippen LogP) is 5.03. The van der Waals surface area contributed by atoms with Crippen LogP contribution in [0.4, 0.5) is 11.4 Å². The lowest BCUT2D eigenvalue weighted by molar-refractivity contribution is 0.693. The fourth-order valence-electron chi connectivity index (χ4n) is 2.58. The second-order valence-corrected chi connectivity index (χ2v) is 5.41. The molecule has 2 aromatic rings. The van der Waals surface area contributed by atoms with Crippen molar-refractivity contribution in [3.8, 4) is 0 Å². The number of hydrogen-bond donors (Lipinski definition) is 1. The van der Waals surface area contributed by atoms with Crippen molar-refractivity contribution in [1.82, 2.24) is 0 Å². The molecule has 0 unspecified atom stereocenters. The van der Waals surface area contributed by atoms with E-state index in [1.54, 1.807) is 0 Å². The van der Waals surface area contributed by atoms with Crippen LogP contribution < -0.4 is 10.6 Å². The van der Waals surface area contributed by atoms with E-state index in [1.165, 1.54) is 29.8 Å². The molecule has 0 heterocycles. The molecule has 2 aromatic carbocycles. The van der Waals surface area contributed by atoms with Crippen molar-refractivity contribution in [3.63, 3.8) is 0 Å². The predicted molar refractivity (Wildman–Crippen MR) is 92.0 cm³/mol. The Morgan fingerprint density at radius 2 is 1.62 bits per heavy atom. The maximum atomic E-state index is 6.31. The molecule has 2 nitrogen and oxygen atoms in total. The van der Waals surface area contributed by atoms with Crippen molar-refractivity contribution in [2.24, 2.45) is 5.73 Å². The number of anilines is 2. The van der Waals surface area contributed by atoms with Gasteiger partial charge in [0, 0.05) is 24.0 Å². The van der Waals surface area contributed by atoms with Crippen molar-refractivity contribution < 1.29 is 0 Å². The van der Waals surface area contributed by atoms with Gasteiger partial charge in [-0.1, -0.05) is 56.7 Å². The number of rotatable bonds is 7. The minimum Gasteiger partial charge on any atom is -0.341 e. The number of benzene rings is 2. The fraction of sp³-hybridized carbons (Fsp3) is 0.368. The van der Waals surface area contributed by atoms with Crippen molar-refractivity contribution >= 4 is 11.4 Å². The number of hydrogen-bond acceptors (Lipinski definition) is 2. The van der Waals surface area contributed by atoms with Gasteiger partial charge in [0.05, 0.1) is 0 Å². The molecule has 0 aliphatic carbocycles. The van der Waals surface area contributed by atoms with Gasteiger partial charge in [-0.15, -0.1) is 0 Å². The summed E-state index contributed by atoms with van der Waals surface area (Å²) in [7, 11) is 0. The highest BCUT2D eigenvalue weighted by Crippen LogP contribution is 2.32. The van der Waals surface area contributed by atoms with Crippen LogP contribution in [0.2, 0.25) is 0 Å². The zero-order valence-electron chi connectivity index (χ0n) is 13.1. The topological polar surface area (TPSA) is 29.3 Å². The first-order valence-electron chi connectivity index (χ1n) is 7.95. The summed E-state index contributed by atoms with van der Waals surface area (Å²) in [5.41, 5.74) is 10.0. The maximum absolute atomic E-state index is 6.31. The zero-order valence-corrected chi connectivity index (χ0v) is 13.1. The summed E-state index contributed by atoms with van der Waals surface area (Å²) in [6, 6.07) is 19.2. The molecule has 112 valence electrons. The Morgan fingerprint density at radius 1 is 0.952 bits per heavy atom. The van der Waals surface area contributed by atoms with Crippen LogP contribution in [-0.4, -0.2) is 6.54 Å². The van der Waals surface area contributed by atoms with Gasteiger partial charge in [0.2, 0.25) is 0 Å². The van der Waals surface area contributed by atoms with Crippen LogP contribution in [0, 0.1) is 0 Å². The molecule has 0 spiro atoms. The van der Waals surface area contributed by atoms with Crippen LogP contribution >= 0.6 is 0 Å². The second-order valence-electron chi connectivity index (χ2n) is 5.41. The Kier molecular flexibility index (Phi) is 5.82. The van der Waals surface area contributed by atoms with E-state index in [-0.39, 0.29) is 6.04 Å². The summed E-state index contributed by atoms with van der Waals surface area (Å²) in [5.74, 6) is 0. The van der Waals surface area contributed by atoms with Crippen molar-refractivity contribution in [3.05, 3.63) is 60.2 Å². The summed E-state index contributed by atoms with van der Waals surface area (Å²) in [4.78, 5) is 2.40. The summed E-state index contributed by atoms with van der Waals surface area (Å²) < 4.78 is 0. The number of nitrogens with zero attached hydrogens (tertiary/aromatic N) is 1. The lowest BCUT2D eigenvalue weighted by Crippen LogP contribution is -2.22. The van der Waals surface area contributed by atoms with Crippen LogP contribution in [0.25, 0.3) is 0 Å². The molecular weight excluding hydrogens is 256 g/mol. The van der Waals surface area contributed by atoms with Gasteiger partial charge in [-0.05, 0) is 36.6 Å². The molecule has 0 bridgehead atoms. The monoisotopic (exact) mass is 282 g/mol. The molecule has 0 aliphatic heterocycles. The largest absolute Gasteiger partial charge is 0.341 e. The van der Waals surface area contributed by atoms with E-state index in [9.17, 15) is 0 Å². The lowest BCUT2D eigenvalue weighted by atomic mass is 10.0. The van der Waals surface area contributed by atoms with E-state index < -0.39 is 0 Å². The number of nitrogens with two attached hydrogens (primary N) is 1. The van der Waals surface area contributed by atoms with Crippen LogP contribution in [-0.2, 0) is 0 Å². The summed E-state index contributed by atoms with van der Waals surface area (Å²) in [6.45, 7) is 5.39. The average molecular weight is 282 g/mol.